The van der Waals surface area contributed by atoms with E-state index in [0.717, 1.165) is 94.2 Å². The molecular formula is C56H36N2O2. The molecule has 0 unspecified atom stereocenters. The standard InChI is InChI=1S/C56H36N2O2/c1-4-15-37(16-5-1)38-27-29-41(30-28-38)57(39-17-6-2-7-18-39)42-31-33-48-50(35-42)44-21-10-11-23-46(44)54-49-34-32-43(36-53(49)60-56(48)54)58(40-19-8-3-9-20-40)51-25-14-24-47-45-22-12-13-26-52(45)59-55(47)51/h1-36H. The summed E-state index contributed by atoms with van der Waals surface area (Å²) in [5, 5.41) is 8.94. The van der Waals surface area contributed by atoms with Gasteiger partial charge in [-0.2, -0.15) is 0 Å². The minimum atomic E-state index is 0.825. The van der Waals surface area contributed by atoms with Gasteiger partial charge in [-0.05, 0) is 106 Å². The van der Waals surface area contributed by atoms with E-state index in [1.165, 1.54) is 16.5 Å². The molecule has 2 aromatic heterocycles. The molecule has 4 heteroatoms. The second kappa shape index (κ2) is 13.8. The third kappa shape index (κ3) is 5.46. The van der Waals surface area contributed by atoms with E-state index in [0.29, 0.717) is 0 Å². The number of nitrogens with zero attached hydrogens (tertiary/aromatic N) is 2. The Bertz CT molecular complexity index is 3540. The lowest BCUT2D eigenvalue weighted by molar-refractivity contribution is 0.668. The van der Waals surface area contributed by atoms with Crippen molar-refractivity contribution in [1.29, 1.82) is 0 Å². The Morgan fingerprint density at radius 3 is 1.53 bits per heavy atom. The van der Waals surface area contributed by atoms with Crippen LogP contribution in [-0.2, 0) is 0 Å². The first kappa shape index (κ1) is 34.0. The van der Waals surface area contributed by atoms with Crippen molar-refractivity contribution in [2.24, 2.45) is 0 Å². The van der Waals surface area contributed by atoms with Crippen LogP contribution in [0.1, 0.15) is 0 Å². The van der Waals surface area contributed by atoms with Crippen LogP contribution in [0.5, 0.6) is 0 Å². The van der Waals surface area contributed by atoms with Gasteiger partial charge in [0.1, 0.15) is 16.7 Å². The summed E-state index contributed by atoms with van der Waals surface area (Å²) >= 11 is 0. The van der Waals surface area contributed by atoms with Gasteiger partial charge >= 0.3 is 0 Å². The van der Waals surface area contributed by atoms with Gasteiger partial charge in [-0.25, -0.2) is 0 Å². The van der Waals surface area contributed by atoms with Gasteiger partial charge in [-0.3, -0.25) is 0 Å². The van der Waals surface area contributed by atoms with Gasteiger partial charge in [-0.15, -0.1) is 0 Å². The topological polar surface area (TPSA) is 32.8 Å². The number of hydrogen-bond donors (Lipinski definition) is 0. The largest absolute Gasteiger partial charge is 0.455 e. The Hall–Kier alpha value is -8.08. The van der Waals surface area contributed by atoms with Crippen molar-refractivity contribution in [1.82, 2.24) is 0 Å². The zero-order valence-corrected chi connectivity index (χ0v) is 32.5. The fourth-order valence-corrected chi connectivity index (χ4v) is 9.08. The van der Waals surface area contributed by atoms with Crippen LogP contribution in [0.15, 0.2) is 227 Å². The quantitative estimate of drug-likeness (QED) is 0.151. The predicted molar refractivity (Wildman–Crippen MR) is 251 cm³/mol. The third-order valence-corrected chi connectivity index (χ3v) is 11.8. The third-order valence-electron chi connectivity index (χ3n) is 11.8. The molecule has 12 rings (SSSR count). The van der Waals surface area contributed by atoms with E-state index in [4.69, 9.17) is 8.83 Å². The summed E-state index contributed by atoms with van der Waals surface area (Å²) in [7, 11) is 0. The maximum Gasteiger partial charge on any atom is 0.159 e. The summed E-state index contributed by atoms with van der Waals surface area (Å²) in [6.45, 7) is 0. The summed E-state index contributed by atoms with van der Waals surface area (Å²) in [4.78, 5) is 4.60. The molecule has 2 heterocycles. The number of benzene rings is 10. The number of anilines is 6. The van der Waals surface area contributed by atoms with Gasteiger partial charge in [0.25, 0.3) is 0 Å². The molecule has 0 saturated carbocycles. The summed E-state index contributed by atoms with van der Waals surface area (Å²) in [5.74, 6) is 0. The van der Waals surface area contributed by atoms with Gasteiger partial charge in [-0.1, -0.05) is 133 Å². The van der Waals surface area contributed by atoms with Crippen LogP contribution in [0.2, 0.25) is 0 Å². The zero-order chi connectivity index (χ0) is 39.6. The lowest BCUT2D eigenvalue weighted by Gasteiger charge is -2.26. The SMILES string of the molecule is c1ccc(-c2ccc(N(c3ccccc3)c3ccc4c(c3)c3ccccc3c3c5ccc(N(c6ccccc6)c6cccc7c6oc6ccccc67)cc5oc43)cc2)cc1. The molecule has 0 aliphatic rings. The molecule has 0 aliphatic carbocycles. The van der Waals surface area contributed by atoms with E-state index in [1.54, 1.807) is 0 Å². The van der Waals surface area contributed by atoms with Crippen molar-refractivity contribution in [3.8, 4) is 11.1 Å². The highest BCUT2D eigenvalue weighted by Gasteiger charge is 2.23. The van der Waals surface area contributed by atoms with Crippen LogP contribution in [0.3, 0.4) is 0 Å². The molecule has 0 spiro atoms. The average Bonchev–Trinajstić information content (AvgIpc) is 3.90. The van der Waals surface area contributed by atoms with Crippen molar-refractivity contribution in [3.63, 3.8) is 0 Å². The van der Waals surface area contributed by atoms with Gasteiger partial charge in [0.15, 0.2) is 5.58 Å². The van der Waals surface area contributed by atoms with Crippen LogP contribution < -0.4 is 9.80 Å². The molecule has 0 fully saturated rings. The van der Waals surface area contributed by atoms with Gasteiger partial charge < -0.3 is 18.6 Å². The lowest BCUT2D eigenvalue weighted by Crippen LogP contribution is -2.09. The molecule has 0 N–H and O–H groups in total. The Balaban J connectivity index is 1.04. The number of hydrogen-bond acceptors (Lipinski definition) is 4. The van der Waals surface area contributed by atoms with Crippen LogP contribution in [0.4, 0.5) is 34.1 Å². The zero-order valence-electron chi connectivity index (χ0n) is 32.5. The molecule has 12 aromatic rings. The van der Waals surface area contributed by atoms with E-state index in [1.807, 2.05) is 18.2 Å². The molecule has 282 valence electrons. The first-order valence-corrected chi connectivity index (χ1v) is 20.3. The Labute approximate surface area is 346 Å². The van der Waals surface area contributed by atoms with Gasteiger partial charge in [0.05, 0.1) is 11.4 Å². The number of rotatable bonds is 7. The predicted octanol–water partition coefficient (Wildman–Crippen LogP) is 16.4. The van der Waals surface area contributed by atoms with Crippen molar-refractivity contribution < 1.29 is 8.83 Å². The van der Waals surface area contributed by atoms with Gasteiger partial charge in [0, 0.05) is 55.7 Å². The summed E-state index contributed by atoms with van der Waals surface area (Å²) < 4.78 is 13.6. The maximum absolute atomic E-state index is 7.03. The highest BCUT2D eigenvalue weighted by Crippen LogP contribution is 2.47. The second-order valence-electron chi connectivity index (χ2n) is 15.3. The first-order chi connectivity index (χ1) is 29.8. The van der Waals surface area contributed by atoms with Crippen molar-refractivity contribution in [2.45, 2.75) is 0 Å². The monoisotopic (exact) mass is 768 g/mol. The van der Waals surface area contributed by atoms with Crippen LogP contribution in [0, 0.1) is 0 Å². The molecule has 60 heavy (non-hydrogen) atoms. The Morgan fingerprint density at radius 1 is 0.267 bits per heavy atom. The Morgan fingerprint density at radius 2 is 0.783 bits per heavy atom. The average molecular weight is 769 g/mol. The highest BCUT2D eigenvalue weighted by molar-refractivity contribution is 6.30. The van der Waals surface area contributed by atoms with Crippen LogP contribution in [-0.4, -0.2) is 0 Å². The molecule has 0 saturated heterocycles. The highest BCUT2D eigenvalue weighted by atomic mass is 16.3. The smallest absolute Gasteiger partial charge is 0.159 e. The van der Waals surface area contributed by atoms with Crippen LogP contribution in [0.25, 0.3) is 76.5 Å². The molecule has 10 aromatic carbocycles. The van der Waals surface area contributed by atoms with Crippen LogP contribution >= 0.6 is 0 Å². The first-order valence-electron chi connectivity index (χ1n) is 20.3. The molecule has 0 amide bonds. The normalized spacial score (nSPS) is 11.7. The van der Waals surface area contributed by atoms with E-state index < -0.39 is 0 Å². The van der Waals surface area contributed by atoms with Crippen molar-refractivity contribution in [3.05, 3.63) is 218 Å². The minimum Gasteiger partial charge on any atom is -0.455 e. The second-order valence-corrected chi connectivity index (χ2v) is 15.3. The fraction of sp³-hybridized carbons (Fsp3) is 0. The summed E-state index contributed by atoms with van der Waals surface area (Å²) in [6.07, 6.45) is 0. The maximum atomic E-state index is 7.03. The summed E-state index contributed by atoms with van der Waals surface area (Å²) in [6, 6.07) is 77.2. The number of para-hydroxylation sites is 4. The molecule has 4 nitrogen and oxygen atoms in total. The van der Waals surface area contributed by atoms with Crippen molar-refractivity contribution in [2.75, 3.05) is 9.80 Å². The minimum absolute atomic E-state index is 0.825. The number of fused-ring (bicyclic) bond motifs is 11. The molecular weight excluding hydrogens is 733 g/mol. The molecule has 0 bridgehead atoms. The molecule has 0 radical (unpaired) electrons. The number of furan rings is 2. The van der Waals surface area contributed by atoms with E-state index >= 15 is 0 Å². The molecule has 0 aliphatic heterocycles. The lowest BCUT2D eigenvalue weighted by atomic mass is 9.96. The van der Waals surface area contributed by atoms with E-state index in [9.17, 15) is 0 Å². The Kier molecular flexibility index (Phi) is 7.82. The van der Waals surface area contributed by atoms with Crippen molar-refractivity contribution >= 4 is 99.5 Å². The fourth-order valence-electron chi connectivity index (χ4n) is 9.08. The van der Waals surface area contributed by atoms with E-state index in [2.05, 4.69) is 210 Å². The molecule has 0 atom stereocenters. The summed E-state index contributed by atoms with van der Waals surface area (Å²) in [5.41, 5.74) is 12.0. The van der Waals surface area contributed by atoms with Gasteiger partial charge in [0.2, 0.25) is 0 Å². The van der Waals surface area contributed by atoms with E-state index in [-0.39, 0.29) is 0 Å².